The van der Waals surface area contributed by atoms with Crippen LogP contribution in [0.3, 0.4) is 0 Å². The van der Waals surface area contributed by atoms with Gasteiger partial charge in [0.1, 0.15) is 17.7 Å². The molecule has 0 fully saturated rings. The molecule has 0 amide bonds. The molecule has 0 atom stereocenters. The molecule has 258 valence electrons. The second-order valence-corrected chi connectivity index (χ2v) is 11.7. The summed E-state index contributed by atoms with van der Waals surface area (Å²) in [4.78, 5) is 3.77. The molecule has 0 saturated heterocycles. The van der Waals surface area contributed by atoms with E-state index in [2.05, 4.69) is 11.7 Å². The van der Waals surface area contributed by atoms with E-state index >= 15 is 0 Å². The quantitative estimate of drug-likeness (QED) is 0.0595. The zero-order chi connectivity index (χ0) is 38.2. The molecule has 5 aromatic carbocycles. The molecule has 0 saturated carbocycles. The van der Waals surface area contributed by atoms with Crippen LogP contribution >= 0.6 is 0 Å². The van der Waals surface area contributed by atoms with Crippen molar-refractivity contribution < 1.29 is 43.9 Å². The second kappa shape index (κ2) is 12.4. The first-order chi connectivity index (χ1) is 25.3. The molecule has 14 heteroatoms. The number of hydrogen-bond acceptors (Lipinski definition) is 4. The van der Waals surface area contributed by atoms with Crippen LogP contribution in [-0.4, -0.2) is 13.3 Å². The SMILES string of the molecule is C=NC/C(C#N)=C1\c2cc(-c3c(F)c(F)c(F)c(F)c3F)ccc2-c2cc3c(cc21)-c1ccc(-c2c(F)c(F)c(F)c(F)c2F)cc1C3=C(C#N)C#N. The lowest BCUT2D eigenvalue weighted by Gasteiger charge is -2.12. The van der Waals surface area contributed by atoms with Crippen LogP contribution in [0.1, 0.15) is 22.3 Å². The molecule has 0 unspecified atom stereocenters. The molecule has 0 heterocycles. The molecule has 0 spiro atoms. The summed E-state index contributed by atoms with van der Waals surface area (Å²) in [6, 6.07) is 15.4. The van der Waals surface area contributed by atoms with Crippen molar-refractivity contribution in [2.24, 2.45) is 4.99 Å². The summed E-state index contributed by atoms with van der Waals surface area (Å²) < 4.78 is 144. The fraction of sp³-hybridized carbons (Fsp3) is 0.0256. The van der Waals surface area contributed by atoms with Crippen LogP contribution in [-0.2, 0) is 0 Å². The maximum Gasteiger partial charge on any atom is 0.200 e. The number of nitrogens with zero attached hydrogens (tertiary/aromatic N) is 4. The van der Waals surface area contributed by atoms with Gasteiger partial charge in [-0.1, -0.05) is 24.3 Å². The van der Waals surface area contributed by atoms with Gasteiger partial charge >= 0.3 is 0 Å². The van der Waals surface area contributed by atoms with Crippen LogP contribution in [0.25, 0.3) is 55.7 Å². The van der Waals surface area contributed by atoms with Gasteiger partial charge in [-0.05, 0) is 86.6 Å². The van der Waals surface area contributed by atoms with Gasteiger partial charge in [0.05, 0.1) is 29.3 Å². The van der Waals surface area contributed by atoms with Crippen LogP contribution in [0.2, 0.25) is 0 Å². The Morgan fingerprint density at radius 3 is 1.19 bits per heavy atom. The summed E-state index contributed by atoms with van der Waals surface area (Å²) in [5.41, 5.74) is -2.08. The first-order valence-electron chi connectivity index (χ1n) is 14.9. The monoisotopic (exact) mass is 726 g/mol. The van der Waals surface area contributed by atoms with E-state index in [1.54, 1.807) is 12.1 Å². The van der Waals surface area contributed by atoms with Crippen LogP contribution in [0.5, 0.6) is 0 Å². The molecule has 5 aromatic rings. The Balaban J connectivity index is 1.51. The van der Waals surface area contributed by atoms with E-state index in [0.717, 1.165) is 24.3 Å². The predicted molar refractivity (Wildman–Crippen MR) is 171 cm³/mol. The van der Waals surface area contributed by atoms with Gasteiger partial charge in [-0.25, -0.2) is 43.9 Å². The van der Waals surface area contributed by atoms with Gasteiger partial charge in [0.15, 0.2) is 46.5 Å². The first-order valence-corrected chi connectivity index (χ1v) is 14.9. The molecule has 2 aliphatic carbocycles. The number of fused-ring (bicyclic) bond motifs is 6. The summed E-state index contributed by atoms with van der Waals surface area (Å²) in [5.74, 6) is -21.8. The van der Waals surface area contributed by atoms with E-state index in [4.69, 9.17) is 0 Å². The summed E-state index contributed by atoms with van der Waals surface area (Å²) in [6.45, 7) is 3.12. The zero-order valence-electron chi connectivity index (χ0n) is 26.1. The lowest BCUT2D eigenvalue weighted by atomic mass is 9.93. The smallest absolute Gasteiger partial charge is 0.200 e. The second-order valence-electron chi connectivity index (χ2n) is 11.7. The minimum atomic E-state index is -2.37. The Labute approximate surface area is 291 Å². The summed E-state index contributed by atoms with van der Waals surface area (Å²) in [6.07, 6.45) is 0. The molecule has 0 N–H and O–H groups in total. The van der Waals surface area contributed by atoms with Gasteiger partial charge in [-0.2, -0.15) is 15.8 Å². The maximum atomic E-state index is 14.9. The van der Waals surface area contributed by atoms with Gasteiger partial charge in [0.2, 0.25) is 11.6 Å². The summed E-state index contributed by atoms with van der Waals surface area (Å²) in [7, 11) is 0. The Kier molecular flexibility index (Phi) is 8.04. The first kappa shape index (κ1) is 34.5. The number of halogens is 10. The highest BCUT2D eigenvalue weighted by molar-refractivity contribution is 6.11. The van der Waals surface area contributed by atoms with Crippen molar-refractivity contribution in [2.75, 3.05) is 6.54 Å². The number of benzene rings is 5. The minimum Gasteiger partial charge on any atom is -0.295 e. The van der Waals surface area contributed by atoms with Crippen molar-refractivity contribution in [2.45, 2.75) is 0 Å². The third-order valence-corrected chi connectivity index (χ3v) is 9.03. The van der Waals surface area contributed by atoms with Gasteiger partial charge in [0, 0.05) is 11.1 Å². The minimum absolute atomic E-state index is 0.0175. The fourth-order valence-corrected chi connectivity index (χ4v) is 6.76. The molecule has 0 aliphatic heterocycles. The number of nitriles is 3. The van der Waals surface area contributed by atoms with Crippen LogP contribution < -0.4 is 0 Å². The third kappa shape index (κ3) is 4.78. The summed E-state index contributed by atoms with van der Waals surface area (Å²) >= 11 is 0. The lowest BCUT2D eigenvalue weighted by molar-refractivity contribution is 0.381. The average molecular weight is 727 g/mol. The third-order valence-electron chi connectivity index (χ3n) is 9.03. The van der Waals surface area contributed by atoms with Crippen molar-refractivity contribution in [3.63, 3.8) is 0 Å². The Morgan fingerprint density at radius 2 is 0.811 bits per heavy atom. The highest BCUT2D eigenvalue weighted by atomic mass is 19.2. The average Bonchev–Trinajstić information content (AvgIpc) is 3.64. The van der Waals surface area contributed by atoms with Crippen molar-refractivity contribution in [1.29, 1.82) is 15.8 Å². The van der Waals surface area contributed by atoms with Gasteiger partial charge in [-0.3, -0.25) is 4.99 Å². The van der Waals surface area contributed by atoms with E-state index < -0.39 is 86.0 Å². The molecule has 0 aromatic heterocycles. The van der Waals surface area contributed by atoms with E-state index in [1.165, 1.54) is 24.3 Å². The normalized spacial score (nSPS) is 13.0. The maximum absolute atomic E-state index is 14.9. The number of hydrogen-bond donors (Lipinski definition) is 0. The Morgan fingerprint density at radius 1 is 0.453 bits per heavy atom. The molecule has 4 nitrogen and oxygen atoms in total. The van der Waals surface area contributed by atoms with Crippen LogP contribution in [0, 0.1) is 92.2 Å². The van der Waals surface area contributed by atoms with E-state index in [0.29, 0.717) is 11.1 Å². The van der Waals surface area contributed by atoms with Gasteiger partial charge in [0.25, 0.3) is 0 Å². The van der Waals surface area contributed by atoms with Gasteiger partial charge < -0.3 is 0 Å². The van der Waals surface area contributed by atoms with E-state index in [-0.39, 0.29) is 56.6 Å². The zero-order valence-corrected chi connectivity index (χ0v) is 26.1. The summed E-state index contributed by atoms with van der Waals surface area (Å²) in [5, 5.41) is 30.0. The van der Waals surface area contributed by atoms with E-state index in [1.807, 2.05) is 6.07 Å². The topological polar surface area (TPSA) is 83.7 Å². The number of allylic oxidation sites excluding steroid dienone is 1. The Bertz CT molecular complexity index is 2690. The lowest BCUT2D eigenvalue weighted by Crippen LogP contribution is -2.04. The molecule has 53 heavy (non-hydrogen) atoms. The van der Waals surface area contributed by atoms with E-state index in [9.17, 15) is 59.7 Å². The van der Waals surface area contributed by atoms with Crippen molar-refractivity contribution >= 4 is 17.9 Å². The standard InChI is InChI=1S/C39H12F10N4/c1-53-13-17(12-52)27-23-7-15(29-32(42)36(46)39(49)37(47)33(29)43)3-5-19(23)21-8-24-20(9-25(21)27)18-4-2-14(6-22(18)26(24)16(10-50)11-51)28-30(40)34(44)38(48)35(45)31(28)41/h2-9H,1,13H2/b27-17+. The largest absolute Gasteiger partial charge is 0.295 e. The van der Waals surface area contributed by atoms with Crippen molar-refractivity contribution in [3.05, 3.63) is 140 Å². The highest BCUT2D eigenvalue weighted by Gasteiger charge is 2.36. The van der Waals surface area contributed by atoms with Crippen molar-refractivity contribution in [1.82, 2.24) is 0 Å². The molecule has 0 bridgehead atoms. The van der Waals surface area contributed by atoms with Crippen LogP contribution in [0.15, 0.2) is 64.7 Å². The van der Waals surface area contributed by atoms with Crippen molar-refractivity contribution in [3.8, 4) is 62.7 Å². The molecule has 2 aliphatic rings. The molecule has 0 radical (unpaired) electrons. The highest BCUT2D eigenvalue weighted by Crippen LogP contribution is 2.54. The number of rotatable bonds is 4. The van der Waals surface area contributed by atoms with Gasteiger partial charge in [-0.15, -0.1) is 0 Å². The Hall–Kier alpha value is -6.98. The predicted octanol–water partition coefficient (Wildman–Crippen LogP) is 10.2. The molecular weight excluding hydrogens is 714 g/mol. The molecular formula is C39H12F10N4. The molecule has 7 rings (SSSR count). The number of aliphatic imine (C=N–C) groups is 1. The van der Waals surface area contributed by atoms with Crippen LogP contribution in [0.4, 0.5) is 43.9 Å². The fourth-order valence-electron chi connectivity index (χ4n) is 6.76.